The maximum Gasteiger partial charge on any atom is 0.0975 e. The summed E-state index contributed by atoms with van der Waals surface area (Å²) < 4.78 is 0. The van der Waals surface area contributed by atoms with Crippen LogP contribution in [0, 0.1) is 5.92 Å². The molecular weight excluding hydrogens is 160 g/mol. The normalized spacial score (nSPS) is 21.0. The molecule has 2 N–H and O–H groups in total. The van der Waals surface area contributed by atoms with Crippen molar-refractivity contribution in [3.05, 3.63) is 0 Å². The van der Waals surface area contributed by atoms with Crippen LogP contribution in [0.2, 0.25) is 0 Å². The first-order valence-electron chi connectivity index (χ1n) is 5.40. The highest BCUT2D eigenvalue weighted by Crippen LogP contribution is 2.26. The fourth-order valence-electron chi connectivity index (χ4n) is 1.74. The van der Waals surface area contributed by atoms with Crippen LogP contribution in [-0.4, -0.2) is 11.4 Å². The first kappa shape index (κ1) is 10.6. The van der Waals surface area contributed by atoms with Crippen LogP contribution in [-0.2, 0) is 0 Å². The van der Waals surface area contributed by atoms with Crippen LogP contribution >= 0.6 is 0 Å². The van der Waals surface area contributed by atoms with E-state index in [4.69, 9.17) is 5.73 Å². The number of hydrogen-bond acceptors (Lipinski definition) is 1. The summed E-state index contributed by atoms with van der Waals surface area (Å²) in [6, 6.07) is 0. The van der Waals surface area contributed by atoms with E-state index in [9.17, 15) is 0 Å². The quantitative estimate of drug-likeness (QED) is 0.529. The molecule has 76 valence electrons. The zero-order valence-corrected chi connectivity index (χ0v) is 9.14. The maximum atomic E-state index is 5.99. The van der Waals surface area contributed by atoms with Gasteiger partial charge in [-0.3, -0.25) is 4.99 Å². The standard InChI is InChI=1S/C11H22N2/c1-4-11(2,3)13-10(12)9-7-5-6-8-9/h9H,4-8H2,1-3H3,(H2,12,13). The van der Waals surface area contributed by atoms with Crippen LogP contribution in [0.25, 0.3) is 0 Å². The lowest BCUT2D eigenvalue weighted by molar-refractivity contribution is 0.498. The van der Waals surface area contributed by atoms with Crippen LogP contribution in [0.4, 0.5) is 0 Å². The molecule has 0 aromatic carbocycles. The van der Waals surface area contributed by atoms with Crippen molar-refractivity contribution in [2.75, 3.05) is 0 Å². The average Bonchev–Trinajstić information content (AvgIpc) is 2.55. The van der Waals surface area contributed by atoms with Crippen molar-refractivity contribution in [2.24, 2.45) is 16.6 Å². The predicted molar refractivity (Wildman–Crippen MR) is 58.0 cm³/mol. The molecule has 0 saturated heterocycles. The van der Waals surface area contributed by atoms with Gasteiger partial charge < -0.3 is 5.73 Å². The largest absolute Gasteiger partial charge is 0.387 e. The summed E-state index contributed by atoms with van der Waals surface area (Å²) in [6.07, 6.45) is 6.20. The maximum absolute atomic E-state index is 5.99. The molecule has 1 rings (SSSR count). The van der Waals surface area contributed by atoms with E-state index < -0.39 is 0 Å². The Kier molecular flexibility index (Phi) is 3.34. The predicted octanol–water partition coefficient (Wildman–Crippen LogP) is 2.72. The number of nitrogens with two attached hydrogens (primary N) is 1. The lowest BCUT2D eigenvalue weighted by atomic mass is 10.0. The van der Waals surface area contributed by atoms with Gasteiger partial charge in [-0.2, -0.15) is 0 Å². The molecule has 0 spiro atoms. The van der Waals surface area contributed by atoms with Gasteiger partial charge in [0.2, 0.25) is 0 Å². The number of rotatable bonds is 3. The van der Waals surface area contributed by atoms with Gasteiger partial charge in [-0.05, 0) is 33.1 Å². The van der Waals surface area contributed by atoms with E-state index >= 15 is 0 Å². The van der Waals surface area contributed by atoms with E-state index in [-0.39, 0.29) is 5.54 Å². The first-order valence-corrected chi connectivity index (χ1v) is 5.40. The topological polar surface area (TPSA) is 38.4 Å². The fourth-order valence-corrected chi connectivity index (χ4v) is 1.74. The summed E-state index contributed by atoms with van der Waals surface area (Å²) in [5.74, 6) is 1.47. The molecule has 0 aromatic rings. The Morgan fingerprint density at radius 2 is 1.92 bits per heavy atom. The molecule has 1 saturated carbocycles. The van der Waals surface area contributed by atoms with Gasteiger partial charge in [0.15, 0.2) is 0 Å². The number of hydrogen-bond donors (Lipinski definition) is 1. The minimum Gasteiger partial charge on any atom is -0.387 e. The molecule has 1 aliphatic carbocycles. The van der Waals surface area contributed by atoms with Crippen LogP contribution in [0.1, 0.15) is 52.9 Å². The molecule has 0 bridgehead atoms. The molecule has 1 aliphatic rings. The van der Waals surface area contributed by atoms with Crippen molar-refractivity contribution in [1.29, 1.82) is 0 Å². The highest BCUT2D eigenvalue weighted by atomic mass is 14.9. The zero-order valence-electron chi connectivity index (χ0n) is 9.14. The van der Waals surface area contributed by atoms with E-state index in [0.29, 0.717) is 5.92 Å². The molecule has 0 atom stereocenters. The summed E-state index contributed by atoms with van der Waals surface area (Å²) in [7, 11) is 0. The fraction of sp³-hybridized carbons (Fsp3) is 0.909. The van der Waals surface area contributed by atoms with Gasteiger partial charge in [-0.25, -0.2) is 0 Å². The molecule has 1 fully saturated rings. The smallest absolute Gasteiger partial charge is 0.0975 e. The number of amidine groups is 1. The Morgan fingerprint density at radius 1 is 1.38 bits per heavy atom. The van der Waals surface area contributed by atoms with Crippen LogP contribution in [0.15, 0.2) is 4.99 Å². The van der Waals surface area contributed by atoms with Crippen LogP contribution < -0.4 is 5.73 Å². The van der Waals surface area contributed by atoms with Gasteiger partial charge in [0, 0.05) is 5.92 Å². The minimum absolute atomic E-state index is 0.0344. The van der Waals surface area contributed by atoms with Gasteiger partial charge in [0.25, 0.3) is 0 Å². The third-order valence-corrected chi connectivity index (χ3v) is 3.07. The highest BCUT2D eigenvalue weighted by molar-refractivity contribution is 5.83. The van der Waals surface area contributed by atoms with Crippen molar-refractivity contribution >= 4 is 5.84 Å². The third kappa shape index (κ3) is 3.02. The van der Waals surface area contributed by atoms with E-state index in [1.807, 2.05) is 0 Å². The van der Waals surface area contributed by atoms with Gasteiger partial charge in [0.05, 0.1) is 11.4 Å². The summed E-state index contributed by atoms with van der Waals surface area (Å²) in [6.45, 7) is 6.45. The van der Waals surface area contributed by atoms with Gasteiger partial charge in [-0.15, -0.1) is 0 Å². The molecule has 0 aromatic heterocycles. The Hall–Kier alpha value is -0.530. The number of nitrogens with zero attached hydrogens (tertiary/aromatic N) is 1. The summed E-state index contributed by atoms with van der Waals surface area (Å²) in [4.78, 5) is 4.60. The molecule has 0 unspecified atom stereocenters. The van der Waals surface area contributed by atoms with Crippen LogP contribution in [0.3, 0.4) is 0 Å². The lowest BCUT2D eigenvalue weighted by Crippen LogP contribution is -2.27. The lowest BCUT2D eigenvalue weighted by Gasteiger charge is -2.20. The SMILES string of the molecule is CCC(C)(C)N=C(N)C1CCCC1. The van der Waals surface area contributed by atoms with E-state index in [1.54, 1.807) is 0 Å². The van der Waals surface area contributed by atoms with Crippen molar-refractivity contribution in [2.45, 2.75) is 58.4 Å². The highest BCUT2D eigenvalue weighted by Gasteiger charge is 2.21. The third-order valence-electron chi connectivity index (χ3n) is 3.07. The second-order valence-electron chi connectivity index (χ2n) is 4.68. The Morgan fingerprint density at radius 3 is 2.38 bits per heavy atom. The molecular formula is C11H22N2. The molecule has 0 radical (unpaired) electrons. The molecule has 13 heavy (non-hydrogen) atoms. The zero-order chi connectivity index (χ0) is 9.90. The van der Waals surface area contributed by atoms with Gasteiger partial charge in [-0.1, -0.05) is 19.8 Å². The second kappa shape index (κ2) is 4.12. The first-order chi connectivity index (χ1) is 6.05. The monoisotopic (exact) mass is 182 g/mol. The van der Waals surface area contributed by atoms with E-state index in [2.05, 4.69) is 25.8 Å². The minimum atomic E-state index is 0.0344. The molecule has 2 nitrogen and oxygen atoms in total. The molecule has 0 aliphatic heterocycles. The molecule has 2 heteroatoms. The number of aliphatic imine (C=N–C) groups is 1. The summed E-state index contributed by atoms with van der Waals surface area (Å²) >= 11 is 0. The Balaban J connectivity index is 2.58. The molecule has 0 heterocycles. The van der Waals surface area contributed by atoms with Crippen molar-refractivity contribution in [3.8, 4) is 0 Å². The van der Waals surface area contributed by atoms with E-state index in [0.717, 1.165) is 12.3 Å². The van der Waals surface area contributed by atoms with Crippen LogP contribution in [0.5, 0.6) is 0 Å². The van der Waals surface area contributed by atoms with Crippen molar-refractivity contribution < 1.29 is 0 Å². The van der Waals surface area contributed by atoms with Gasteiger partial charge in [0.1, 0.15) is 0 Å². The average molecular weight is 182 g/mol. The molecule has 0 amide bonds. The van der Waals surface area contributed by atoms with Crippen molar-refractivity contribution in [1.82, 2.24) is 0 Å². The van der Waals surface area contributed by atoms with E-state index in [1.165, 1.54) is 25.7 Å². The van der Waals surface area contributed by atoms with Crippen molar-refractivity contribution in [3.63, 3.8) is 0 Å². The van der Waals surface area contributed by atoms with Gasteiger partial charge >= 0.3 is 0 Å². The Labute approximate surface area is 81.6 Å². The second-order valence-corrected chi connectivity index (χ2v) is 4.68. The summed E-state index contributed by atoms with van der Waals surface area (Å²) in [5, 5.41) is 0. The summed E-state index contributed by atoms with van der Waals surface area (Å²) in [5.41, 5.74) is 6.03. The Bertz CT molecular complexity index is 188.